The number of nitrogens with zero attached hydrogens (tertiary/aromatic N) is 3. The van der Waals surface area contributed by atoms with Crippen LogP contribution in [0.4, 0.5) is 28.8 Å². The molecule has 0 aliphatic carbocycles. The Morgan fingerprint density at radius 2 is 1.94 bits per heavy atom. The Kier molecular flexibility index (Phi) is 7.84. The van der Waals surface area contributed by atoms with Crippen molar-refractivity contribution < 1.29 is 9.53 Å². The van der Waals surface area contributed by atoms with Gasteiger partial charge < -0.3 is 25.6 Å². The lowest BCUT2D eigenvalue weighted by atomic mass is 9.89. The van der Waals surface area contributed by atoms with Crippen molar-refractivity contribution in [2.75, 3.05) is 43.2 Å². The minimum absolute atomic E-state index is 0.288. The predicted octanol–water partition coefficient (Wildman–Crippen LogP) is 5.56. The molecule has 0 spiro atoms. The summed E-state index contributed by atoms with van der Waals surface area (Å²) in [4.78, 5) is 22.8. The van der Waals surface area contributed by atoms with E-state index in [1.165, 1.54) is 17.8 Å². The number of ether oxygens (including phenoxy) is 1. The average Bonchev–Trinajstić information content (AvgIpc) is 2.87. The minimum atomic E-state index is -0.288. The molecule has 1 aromatic heterocycles. The number of piperidine rings is 1. The maximum absolute atomic E-state index is 11.6. The van der Waals surface area contributed by atoms with Gasteiger partial charge >= 0.3 is 0 Å². The summed E-state index contributed by atoms with van der Waals surface area (Å²) >= 11 is 6.34. The highest BCUT2D eigenvalue weighted by Crippen LogP contribution is 2.35. The number of carbonyl (C=O) groups is 1. The topological polar surface area (TPSA) is 91.4 Å². The Bertz CT molecular complexity index is 1210. The lowest BCUT2D eigenvalue weighted by Gasteiger charge is -2.29. The third-order valence-electron chi connectivity index (χ3n) is 5.98. The highest BCUT2D eigenvalue weighted by molar-refractivity contribution is 6.32. The molecule has 35 heavy (non-hydrogen) atoms. The van der Waals surface area contributed by atoms with Gasteiger partial charge in [0.15, 0.2) is 5.82 Å². The van der Waals surface area contributed by atoms with Crippen LogP contribution < -0.4 is 20.7 Å². The van der Waals surface area contributed by atoms with E-state index in [1.54, 1.807) is 19.2 Å². The van der Waals surface area contributed by atoms with Crippen molar-refractivity contribution in [3.63, 3.8) is 0 Å². The summed E-state index contributed by atoms with van der Waals surface area (Å²) in [6, 6.07) is 13.4. The molecule has 1 aliphatic heterocycles. The molecule has 8 nitrogen and oxygen atoms in total. The number of aromatic nitrogens is 2. The first-order valence-electron chi connectivity index (χ1n) is 11.4. The van der Waals surface area contributed by atoms with Crippen LogP contribution in [-0.4, -0.2) is 48.0 Å². The van der Waals surface area contributed by atoms with Gasteiger partial charge in [-0.25, -0.2) is 4.98 Å². The third-order valence-corrected chi connectivity index (χ3v) is 6.26. The standard InChI is InChI=1S/C26H29ClN6O2/c1-4-24(34)29-19-6-5-7-20(15-19)30-25-21(27)16-28-26(32-25)31-22-9-8-18(14-23(22)35-3)17-10-12-33(2)13-11-17/h4-9,14-17H,1,10-13H2,2-3H3,(H,29,34)(H2,28,30,31,32). The smallest absolute Gasteiger partial charge is 0.247 e. The van der Waals surface area contributed by atoms with Crippen LogP contribution in [0.1, 0.15) is 24.3 Å². The normalized spacial score (nSPS) is 14.3. The van der Waals surface area contributed by atoms with Gasteiger partial charge in [-0.3, -0.25) is 4.79 Å². The lowest BCUT2D eigenvalue weighted by molar-refractivity contribution is -0.111. The van der Waals surface area contributed by atoms with Crippen LogP contribution in [0, 0.1) is 0 Å². The van der Waals surface area contributed by atoms with Gasteiger partial charge in [0.2, 0.25) is 11.9 Å². The van der Waals surface area contributed by atoms with E-state index in [1.807, 2.05) is 18.2 Å². The van der Waals surface area contributed by atoms with E-state index in [9.17, 15) is 4.79 Å². The number of carbonyl (C=O) groups excluding carboxylic acids is 1. The molecular formula is C26H29ClN6O2. The molecule has 1 aliphatic rings. The number of amides is 1. The van der Waals surface area contributed by atoms with E-state index in [0.717, 1.165) is 37.4 Å². The number of hydrogen-bond donors (Lipinski definition) is 3. The summed E-state index contributed by atoms with van der Waals surface area (Å²) in [6.07, 6.45) is 5.02. The SMILES string of the molecule is C=CC(=O)Nc1cccc(Nc2nc(Nc3ccc(C4CCN(C)CC4)cc3OC)ncc2Cl)c1. The van der Waals surface area contributed by atoms with E-state index in [4.69, 9.17) is 16.3 Å². The molecule has 0 radical (unpaired) electrons. The molecular weight excluding hydrogens is 464 g/mol. The van der Waals surface area contributed by atoms with Crippen molar-refractivity contribution >= 4 is 46.3 Å². The van der Waals surface area contributed by atoms with E-state index >= 15 is 0 Å². The highest BCUT2D eigenvalue weighted by Gasteiger charge is 2.20. The fourth-order valence-corrected chi connectivity index (χ4v) is 4.19. The molecule has 4 rings (SSSR count). The van der Waals surface area contributed by atoms with E-state index < -0.39 is 0 Å². The molecule has 3 aromatic rings. The number of likely N-dealkylation sites (tertiary alicyclic amines) is 1. The molecule has 2 aromatic carbocycles. The Balaban J connectivity index is 1.50. The van der Waals surface area contributed by atoms with Crippen LogP contribution in [0.2, 0.25) is 5.02 Å². The largest absolute Gasteiger partial charge is 0.495 e. The van der Waals surface area contributed by atoms with E-state index in [-0.39, 0.29) is 5.91 Å². The molecule has 0 unspecified atom stereocenters. The summed E-state index contributed by atoms with van der Waals surface area (Å²) < 4.78 is 5.66. The molecule has 2 heterocycles. The number of methoxy groups -OCH3 is 1. The van der Waals surface area contributed by atoms with Gasteiger partial charge in [-0.2, -0.15) is 4.98 Å². The monoisotopic (exact) mass is 492 g/mol. The first-order chi connectivity index (χ1) is 16.9. The zero-order valence-corrected chi connectivity index (χ0v) is 20.6. The fourth-order valence-electron chi connectivity index (χ4n) is 4.05. The number of nitrogens with one attached hydrogen (secondary N) is 3. The fraction of sp³-hybridized carbons (Fsp3) is 0.269. The van der Waals surface area contributed by atoms with Crippen molar-refractivity contribution in [2.24, 2.45) is 0 Å². The van der Waals surface area contributed by atoms with Crippen LogP contribution in [0.5, 0.6) is 5.75 Å². The molecule has 182 valence electrons. The van der Waals surface area contributed by atoms with E-state index in [2.05, 4.69) is 56.6 Å². The quantitative estimate of drug-likeness (QED) is 0.354. The van der Waals surface area contributed by atoms with Crippen molar-refractivity contribution in [1.29, 1.82) is 0 Å². The first kappa shape index (κ1) is 24.5. The third kappa shape index (κ3) is 6.29. The van der Waals surface area contributed by atoms with Crippen molar-refractivity contribution in [3.8, 4) is 5.75 Å². The van der Waals surface area contributed by atoms with Crippen LogP contribution in [-0.2, 0) is 4.79 Å². The molecule has 1 fully saturated rings. The van der Waals surface area contributed by atoms with Crippen molar-refractivity contribution in [1.82, 2.24) is 14.9 Å². The first-order valence-corrected chi connectivity index (χ1v) is 11.8. The second kappa shape index (κ2) is 11.2. The zero-order chi connectivity index (χ0) is 24.8. The van der Waals surface area contributed by atoms with Gasteiger partial charge in [0.1, 0.15) is 10.8 Å². The van der Waals surface area contributed by atoms with Crippen LogP contribution in [0.3, 0.4) is 0 Å². The summed E-state index contributed by atoms with van der Waals surface area (Å²) in [5.74, 6) is 1.78. The Morgan fingerprint density at radius 3 is 2.69 bits per heavy atom. The summed E-state index contributed by atoms with van der Waals surface area (Å²) in [7, 11) is 3.82. The molecule has 9 heteroatoms. The zero-order valence-electron chi connectivity index (χ0n) is 19.8. The number of anilines is 5. The van der Waals surface area contributed by atoms with Gasteiger partial charge in [-0.05, 0) is 80.9 Å². The van der Waals surface area contributed by atoms with Gasteiger partial charge in [0, 0.05) is 11.4 Å². The van der Waals surface area contributed by atoms with Gasteiger partial charge in [-0.15, -0.1) is 0 Å². The van der Waals surface area contributed by atoms with Crippen molar-refractivity contribution in [3.05, 3.63) is 71.9 Å². The summed E-state index contributed by atoms with van der Waals surface area (Å²) in [5, 5.41) is 9.51. The summed E-state index contributed by atoms with van der Waals surface area (Å²) in [5.41, 5.74) is 3.38. The van der Waals surface area contributed by atoms with E-state index in [0.29, 0.717) is 34.1 Å². The number of benzene rings is 2. The van der Waals surface area contributed by atoms with Gasteiger partial charge in [-0.1, -0.05) is 30.3 Å². The van der Waals surface area contributed by atoms with Crippen LogP contribution in [0.15, 0.2) is 61.3 Å². The maximum atomic E-state index is 11.6. The maximum Gasteiger partial charge on any atom is 0.247 e. The highest BCUT2D eigenvalue weighted by atomic mass is 35.5. The van der Waals surface area contributed by atoms with Crippen LogP contribution >= 0.6 is 11.6 Å². The lowest BCUT2D eigenvalue weighted by Crippen LogP contribution is -2.29. The van der Waals surface area contributed by atoms with Gasteiger partial charge in [0.25, 0.3) is 0 Å². The number of rotatable bonds is 8. The molecule has 3 N–H and O–H groups in total. The second-order valence-electron chi connectivity index (χ2n) is 8.45. The predicted molar refractivity (Wildman–Crippen MR) is 141 cm³/mol. The Morgan fingerprint density at radius 1 is 1.17 bits per heavy atom. The molecule has 1 amide bonds. The van der Waals surface area contributed by atoms with Crippen molar-refractivity contribution in [2.45, 2.75) is 18.8 Å². The molecule has 0 saturated carbocycles. The Labute approximate surface area is 210 Å². The van der Waals surface area contributed by atoms with Gasteiger partial charge in [0.05, 0.1) is 19.0 Å². The van der Waals surface area contributed by atoms with Crippen LogP contribution in [0.25, 0.3) is 0 Å². The molecule has 1 saturated heterocycles. The average molecular weight is 493 g/mol. The minimum Gasteiger partial charge on any atom is -0.495 e. The molecule has 0 bridgehead atoms. The number of hydrogen-bond acceptors (Lipinski definition) is 7. The Hall–Kier alpha value is -3.62. The molecule has 0 atom stereocenters. The second-order valence-corrected chi connectivity index (χ2v) is 8.86. The number of halogens is 1. The summed E-state index contributed by atoms with van der Waals surface area (Å²) in [6.45, 7) is 5.67.